The molecule has 4 rings (SSSR count). The van der Waals surface area contributed by atoms with Crippen LogP contribution in [0.25, 0.3) is 0 Å². The predicted octanol–water partition coefficient (Wildman–Crippen LogP) is 0.575. The number of nitrogens with one attached hydrogen (secondary N) is 1. The Kier molecular flexibility index (Phi) is 4.18. The highest BCUT2D eigenvalue weighted by atomic mass is 16.3. The summed E-state index contributed by atoms with van der Waals surface area (Å²) >= 11 is 0. The summed E-state index contributed by atoms with van der Waals surface area (Å²) < 4.78 is 3.72. The second-order valence-corrected chi connectivity index (χ2v) is 7.45. The second kappa shape index (κ2) is 6.39. The molecule has 0 saturated carbocycles. The van der Waals surface area contributed by atoms with Crippen LogP contribution in [0.5, 0.6) is 0 Å². The largest absolute Gasteiger partial charge is 0.371 e. The number of nitrogens with zero attached hydrogens (tertiary/aromatic N) is 6. The molecule has 2 N–H and O–H groups in total. The van der Waals surface area contributed by atoms with Gasteiger partial charge in [0.25, 0.3) is 5.91 Å². The van der Waals surface area contributed by atoms with Crippen LogP contribution in [0, 0.1) is 5.92 Å². The molecule has 2 unspecified atom stereocenters. The van der Waals surface area contributed by atoms with Crippen LogP contribution in [0.15, 0.2) is 12.3 Å². The van der Waals surface area contributed by atoms with Crippen molar-refractivity contribution in [3.8, 4) is 0 Å². The van der Waals surface area contributed by atoms with Gasteiger partial charge in [-0.2, -0.15) is 5.10 Å². The van der Waals surface area contributed by atoms with Crippen molar-refractivity contribution in [2.75, 3.05) is 11.9 Å². The molecule has 26 heavy (non-hydrogen) atoms. The van der Waals surface area contributed by atoms with E-state index < -0.39 is 12.3 Å². The van der Waals surface area contributed by atoms with Gasteiger partial charge < -0.3 is 15.3 Å². The summed E-state index contributed by atoms with van der Waals surface area (Å²) in [5, 5.41) is 22.2. The lowest BCUT2D eigenvalue weighted by molar-refractivity contribution is 0.0817. The number of likely N-dealkylation sites (N-methyl/N-ethyl adjacent to an activating group) is 1. The van der Waals surface area contributed by atoms with Gasteiger partial charge in [-0.05, 0) is 18.8 Å². The number of fused-ring (bicyclic) bond motifs is 2. The molecule has 9 nitrogen and oxygen atoms in total. The van der Waals surface area contributed by atoms with Crippen LogP contribution in [0.1, 0.15) is 49.2 Å². The number of anilines is 1. The molecule has 0 radical (unpaired) electrons. The number of carbonyl (C=O) groups excluding carboxylic acids is 1. The van der Waals surface area contributed by atoms with Crippen LogP contribution in [0.3, 0.4) is 0 Å². The molecule has 2 aliphatic heterocycles. The van der Waals surface area contributed by atoms with Crippen molar-refractivity contribution in [2.24, 2.45) is 5.92 Å². The van der Waals surface area contributed by atoms with Gasteiger partial charge in [0.2, 0.25) is 5.82 Å². The van der Waals surface area contributed by atoms with Gasteiger partial charge in [0, 0.05) is 26.1 Å². The standard InChI is InChI=1S/C17H25N7O2/c1-10(2)12-4-5-13-20-15(21-24(12)13)16(25)19-11-7-9-23-14(6-8-18-23)22(3)17(11)26/h6,8,10-12,17,26H,4-5,7,9H2,1-3H3,(H,19,25)/t11-,12?,17?/m0/s1. The summed E-state index contributed by atoms with van der Waals surface area (Å²) in [5.74, 6) is 1.99. The normalized spacial score (nSPS) is 25.1. The minimum atomic E-state index is -0.838. The molecule has 0 aliphatic carbocycles. The van der Waals surface area contributed by atoms with Crippen molar-refractivity contribution >= 4 is 11.7 Å². The number of hydrogen-bond acceptors (Lipinski definition) is 6. The minimum Gasteiger partial charge on any atom is -0.371 e. The average Bonchev–Trinajstić information content (AvgIpc) is 3.29. The smallest absolute Gasteiger partial charge is 0.291 e. The van der Waals surface area contributed by atoms with Gasteiger partial charge in [-0.3, -0.25) is 4.79 Å². The van der Waals surface area contributed by atoms with Crippen LogP contribution >= 0.6 is 0 Å². The van der Waals surface area contributed by atoms with Gasteiger partial charge in [-0.25, -0.2) is 14.3 Å². The summed E-state index contributed by atoms with van der Waals surface area (Å²) in [4.78, 5) is 18.8. The Morgan fingerprint density at radius 2 is 2.19 bits per heavy atom. The van der Waals surface area contributed by atoms with E-state index in [1.165, 1.54) is 0 Å². The van der Waals surface area contributed by atoms with E-state index >= 15 is 0 Å². The van der Waals surface area contributed by atoms with Gasteiger partial charge in [0.1, 0.15) is 17.9 Å². The fourth-order valence-corrected chi connectivity index (χ4v) is 3.90. The maximum absolute atomic E-state index is 12.7. The molecule has 0 spiro atoms. The molecule has 9 heteroatoms. The lowest BCUT2D eigenvalue weighted by atomic mass is 10.0. The average molecular weight is 359 g/mol. The lowest BCUT2D eigenvalue weighted by Gasteiger charge is -2.28. The Labute approximate surface area is 152 Å². The molecule has 140 valence electrons. The maximum Gasteiger partial charge on any atom is 0.291 e. The summed E-state index contributed by atoms with van der Waals surface area (Å²) in [5.41, 5.74) is 0. The predicted molar refractivity (Wildman–Crippen MR) is 94.7 cm³/mol. The SMILES string of the molecule is CC(C)C1CCc2nc(C(=O)N[C@H]3CCn4nccc4N(C)C3O)nn21. The third-order valence-corrected chi connectivity index (χ3v) is 5.43. The Morgan fingerprint density at radius 3 is 2.96 bits per heavy atom. The zero-order valence-electron chi connectivity index (χ0n) is 15.3. The van der Waals surface area contributed by atoms with Crippen molar-refractivity contribution in [3.05, 3.63) is 23.9 Å². The van der Waals surface area contributed by atoms with Gasteiger partial charge in [0.05, 0.1) is 18.3 Å². The first-order chi connectivity index (χ1) is 12.5. The number of amides is 1. The molecule has 0 saturated heterocycles. The summed E-state index contributed by atoms with van der Waals surface area (Å²) in [6.07, 6.45) is 3.31. The summed E-state index contributed by atoms with van der Waals surface area (Å²) in [7, 11) is 1.79. The van der Waals surface area contributed by atoms with E-state index in [4.69, 9.17) is 0 Å². The summed E-state index contributed by atoms with van der Waals surface area (Å²) in [6, 6.07) is 1.72. The number of carbonyl (C=O) groups is 1. The Hall–Kier alpha value is -2.42. The molecular weight excluding hydrogens is 334 g/mol. The number of rotatable bonds is 3. The first-order valence-electron chi connectivity index (χ1n) is 9.14. The Bertz CT molecular complexity index is 812. The minimum absolute atomic E-state index is 0.183. The van der Waals surface area contributed by atoms with Crippen LogP contribution < -0.4 is 10.2 Å². The first kappa shape index (κ1) is 17.0. The number of aryl methyl sites for hydroxylation is 2. The third-order valence-electron chi connectivity index (χ3n) is 5.43. The topological polar surface area (TPSA) is 101 Å². The highest BCUT2D eigenvalue weighted by Gasteiger charge is 2.33. The Morgan fingerprint density at radius 1 is 1.38 bits per heavy atom. The molecule has 0 bridgehead atoms. The summed E-state index contributed by atoms with van der Waals surface area (Å²) in [6.45, 7) is 4.93. The monoisotopic (exact) mass is 359 g/mol. The van der Waals surface area contributed by atoms with Crippen LogP contribution in [0.2, 0.25) is 0 Å². The number of aliphatic hydroxyl groups excluding tert-OH is 1. The molecule has 0 fully saturated rings. The van der Waals surface area contributed by atoms with E-state index in [0.717, 1.165) is 24.5 Å². The number of aliphatic hydroxyl groups is 1. The van der Waals surface area contributed by atoms with Gasteiger partial charge >= 0.3 is 0 Å². The highest BCUT2D eigenvalue weighted by molar-refractivity contribution is 5.90. The van der Waals surface area contributed by atoms with Gasteiger partial charge in [-0.15, -0.1) is 5.10 Å². The van der Waals surface area contributed by atoms with E-state index in [-0.39, 0.29) is 11.7 Å². The zero-order valence-corrected chi connectivity index (χ0v) is 15.3. The van der Waals surface area contributed by atoms with Crippen LogP contribution in [-0.2, 0) is 13.0 Å². The fourth-order valence-electron chi connectivity index (χ4n) is 3.90. The van der Waals surface area contributed by atoms with Crippen molar-refractivity contribution in [1.29, 1.82) is 0 Å². The quantitative estimate of drug-likeness (QED) is 0.831. The van der Waals surface area contributed by atoms with E-state index in [9.17, 15) is 9.90 Å². The third kappa shape index (κ3) is 2.76. The molecule has 2 aromatic rings. The van der Waals surface area contributed by atoms with E-state index in [1.807, 2.05) is 15.4 Å². The molecule has 2 aliphatic rings. The van der Waals surface area contributed by atoms with E-state index in [1.54, 1.807) is 18.1 Å². The lowest BCUT2D eigenvalue weighted by Crippen LogP contribution is -2.50. The van der Waals surface area contributed by atoms with Crippen molar-refractivity contribution in [3.63, 3.8) is 0 Å². The van der Waals surface area contributed by atoms with E-state index in [2.05, 4.69) is 34.3 Å². The molecular formula is C17H25N7O2. The second-order valence-electron chi connectivity index (χ2n) is 7.45. The molecule has 0 aromatic carbocycles. The van der Waals surface area contributed by atoms with Crippen molar-refractivity contribution in [2.45, 2.75) is 58.0 Å². The highest BCUT2D eigenvalue weighted by Crippen LogP contribution is 2.30. The molecule has 1 amide bonds. The van der Waals surface area contributed by atoms with Crippen molar-refractivity contribution < 1.29 is 9.90 Å². The maximum atomic E-state index is 12.7. The fraction of sp³-hybridized carbons (Fsp3) is 0.647. The van der Waals surface area contributed by atoms with Crippen LogP contribution in [-0.4, -0.2) is 54.9 Å². The van der Waals surface area contributed by atoms with Crippen LogP contribution in [0.4, 0.5) is 5.82 Å². The molecule has 4 heterocycles. The van der Waals surface area contributed by atoms with Gasteiger partial charge in [-0.1, -0.05) is 13.8 Å². The van der Waals surface area contributed by atoms with Gasteiger partial charge in [0.15, 0.2) is 0 Å². The molecule has 3 atom stereocenters. The number of aromatic nitrogens is 5. The van der Waals surface area contributed by atoms with E-state index in [0.29, 0.717) is 24.9 Å². The molecule has 2 aromatic heterocycles. The zero-order chi connectivity index (χ0) is 18.4. The Balaban J connectivity index is 1.49. The first-order valence-corrected chi connectivity index (χ1v) is 9.14. The number of hydrogen-bond donors (Lipinski definition) is 2. The van der Waals surface area contributed by atoms with Crippen molar-refractivity contribution in [1.82, 2.24) is 29.9 Å².